The summed E-state index contributed by atoms with van der Waals surface area (Å²) in [6.07, 6.45) is 2.19. The van der Waals surface area contributed by atoms with E-state index in [4.69, 9.17) is 4.74 Å². The third-order valence-corrected chi connectivity index (χ3v) is 3.20. The van der Waals surface area contributed by atoms with Gasteiger partial charge in [-0.3, -0.25) is 0 Å². The summed E-state index contributed by atoms with van der Waals surface area (Å²) >= 11 is 0. The van der Waals surface area contributed by atoms with E-state index in [1.54, 1.807) is 0 Å². The maximum absolute atomic E-state index is 5.89. The number of nitrogens with zero attached hydrogens (tertiary/aromatic N) is 1. The molecule has 0 aliphatic carbocycles. The Labute approximate surface area is 121 Å². The highest BCUT2D eigenvalue weighted by Crippen LogP contribution is 2.24. The number of nitrogens with one attached hydrogen (secondary N) is 1. The molecule has 0 spiro atoms. The van der Waals surface area contributed by atoms with Crippen molar-refractivity contribution in [3.63, 3.8) is 0 Å². The normalized spacial score (nSPS) is 11.2. The van der Waals surface area contributed by atoms with Gasteiger partial charge in [0.05, 0.1) is 6.61 Å². The lowest BCUT2D eigenvalue weighted by molar-refractivity contribution is 0.308. The molecule has 0 aliphatic rings. The van der Waals surface area contributed by atoms with Crippen LogP contribution in [0.3, 0.4) is 0 Å². The first-order valence-electron chi connectivity index (χ1n) is 7.39. The number of hydrogen-bond donors (Lipinski definition) is 1. The lowest BCUT2D eigenvalue weighted by Crippen LogP contribution is -2.23. The zero-order valence-electron chi connectivity index (χ0n) is 12.6. The Balaban J connectivity index is 1.88. The molecule has 0 unspecified atom stereocenters. The Hall–Kier alpha value is -1.61. The van der Waals surface area contributed by atoms with Crippen LogP contribution in [0.25, 0.3) is 10.9 Å². The second kappa shape index (κ2) is 7.25. The SMILES string of the molecule is Cc1ccc2cccc(OCCCCNC(C)C)c2n1. The Morgan fingerprint density at radius 1 is 1.15 bits per heavy atom. The Bertz CT molecular complexity index is 552. The van der Waals surface area contributed by atoms with Crippen LogP contribution >= 0.6 is 0 Å². The lowest BCUT2D eigenvalue weighted by atomic mass is 10.2. The molecule has 20 heavy (non-hydrogen) atoms. The van der Waals surface area contributed by atoms with Crippen LogP contribution in [0.4, 0.5) is 0 Å². The van der Waals surface area contributed by atoms with Gasteiger partial charge < -0.3 is 10.1 Å². The van der Waals surface area contributed by atoms with Crippen LogP contribution in [0.15, 0.2) is 30.3 Å². The van der Waals surface area contributed by atoms with Gasteiger partial charge in [0.1, 0.15) is 11.3 Å². The van der Waals surface area contributed by atoms with Crippen molar-refractivity contribution in [1.82, 2.24) is 10.3 Å². The molecule has 0 atom stereocenters. The molecule has 108 valence electrons. The third-order valence-electron chi connectivity index (χ3n) is 3.20. The van der Waals surface area contributed by atoms with E-state index >= 15 is 0 Å². The van der Waals surface area contributed by atoms with Crippen molar-refractivity contribution < 1.29 is 4.74 Å². The van der Waals surface area contributed by atoms with Crippen molar-refractivity contribution in [3.05, 3.63) is 36.0 Å². The van der Waals surface area contributed by atoms with Gasteiger partial charge in [-0.05, 0) is 38.4 Å². The zero-order chi connectivity index (χ0) is 14.4. The molecule has 0 aliphatic heterocycles. The third kappa shape index (κ3) is 4.20. The summed E-state index contributed by atoms with van der Waals surface area (Å²) in [5.74, 6) is 0.892. The van der Waals surface area contributed by atoms with Crippen molar-refractivity contribution in [2.45, 2.75) is 39.7 Å². The number of rotatable bonds is 7. The van der Waals surface area contributed by atoms with Crippen LogP contribution < -0.4 is 10.1 Å². The van der Waals surface area contributed by atoms with Gasteiger partial charge in [0, 0.05) is 17.1 Å². The fourth-order valence-electron chi connectivity index (χ4n) is 2.13. The molecule has 3 nitrogen and oxygen atoms in total. The van der Waals surface area contributed by atoms with Gasteiger partial charge in [-0.2, -0.15) is 0 Å². The minimum Gasteiger partial charge on any atom is -0.491 e. The fourth-order valence-corrected chi connectivity index (χ4v) is 2.13. The van der Waals surface area contributed by atoms with E-state index in [0.717, 1.165) is 48.3 Å². The summed E-state index contributed by atoms with van der Waals surface area (Å²) in [6, 6.07) is 10.8. The van der Waals surface area contributed by atoms with Crippen LogP contribution in [-0.4, -0.2) is 24.2 Å². The van der Waals surface area contributed by atoms with E-state index in [1.807, 2.05) is 25.1 Å². The van der Waals surface area contributed by atoms with Crippen molar-refractivity contribution >= 4 is 10.9 Å². The minimum absolute atomic E-state index is 0.557. The van der Waals surface area contributed by atoms with Crippen molar-refractivity contribution in [2.75, 3.05) is 13.2 Å². The Morgan fingerprint density at radius 3 is 2.80 bits per heavy atom. The van der Waals surface area contributed by atoms with Crippen LogP contribution in [0.2, 0.25) is 0 Å². The smallest absolute Gasteiger partial charge is 0.145 e. The van der Waals surface area contributed by atoms with Gasteiger partial charge >= 0.3 is 0 Å². The van der Waals surface area contributed by atoms with Crippen molar-refractivity contribution in [1.29, 1.82) is 0 Å². The van der Waals surface area contributed by atoms with Crippen molar-refractivity contribution in [3.8, 4) is 5.75 Å². The first-order valence-corrected chi connectivity index (χ1v) is 7.39. The summed E-state index contributed by atoms with van der Waals surface area (Å²) in [6.45, 7) is 8.14. The van der Waals surface area contributed by atoms with Crippen LogP contribution in [-0.2, 0) is 0 Å². The second-order valence-corrected chi connectivity index (χ2v) is 5.44. The number of aryl methyl sites for hydroxylation is 1. The molecule has 0 fully saturated rings. The second-order valence-electron chi connectivity index (χ2n) is 5.44. The van der Waals surface area contributed by atoms with E-state index in [9.17, 15) is 0 Å². The molecule has 0 saturated carbocycles. The van der Waals surface area contributed by atoms with E-state index in [0.29, 0.717) is 6.04 Å². The number of pyridine rings is 1. The van der Waals surface area contributed by atoms with Gasteiger partial charge in [0.15, 0.2) is 0 Å². The average Bonchev–Trinajstić information content (AvgIpc) is 2.42. The molecule has 1 aromatic heterocycles. The molecule has 3 heteroatoms. The summed E-state index contributed by atoms with van der Waals surface area (Å²) in [5, 5.41) is 4.55. The summed E-state index contributed by atoms with van der Waals surface area (Å²) in [5.41, 5.74) is 1.99. The molecular formula is C17H24N2O. The van der Waals surface area contributed by atoms with Crippen LogP contribution in [0.5, 0.6) is 5.75 Å². The average molecular weight is 272 g/mol. The summed E-state index contributed by atoms with van der Waals surface area (Å²) < 4.78 is 5.89. The van der Waals surface area contributed by atoms with E-state index in [-0.39, 0.29) is 0 Å². The highest BCUT2D eigenvalue weighted by molar-refractivity contribution is 5.84. The van der Waals surface area contributed by atoms with E-state index < -0.39 is 0 Å². The maximum atomic E-state index is 5.89. The quantitative estimate of drug-likeness (QED) is 0.780. The highest BCUT2D eigenvalue weighted by atomic mass is 16.5. The van der Waals surface area contributed by atoms with Gasteiger partial charge in [0.25, 0.3) is 0 Å². The molecule has 0 amide bonds. The predicted octanol–water partition coefficient (Wildman–Crippen LogP) is 3.70. The van der Waals surface area contributed by atoms with Gasteiger partial charge in [-0.15, -0.1) is 0 Å². The number of hydrogen-bond acceptors (Lipinski definition) is 3. The Morgan fingerprint density at radius 2 is 2.00 bits per heavy atom. The number of fused-ring (bicyclic) bond motifs is 1. The fraction of sp³-hybridized carbons (Fsp3) is 0.471. The number of unbranched alkanes of at least 4 members (excludes halogenated alkanes) is 1. The van der Waals surface area contributed by atoms with Crippen molar-refractivity contribution in [2.24, 2.45) is 0 Å². The molecule has 2 rings (SSSR count). The standard InChI is InChI=1S/C17H24N2O/c1-13(2)18-11-4-5-12-20-16-8-6-7-15-10-9-14(3)19-17(15)16/h6-10,13,18H,4-5,11-12H2,1-3H3. The first kappa shape index (κ1) is 14.8. The van der Waals surface area contributed by atoms with Crippen LogP contribution in [0.1, 0.15) is 32.4 Å². The summed E-state index contributed by atoms with van der Waals surface area (Å²) in [7, 11) is 0. The number of para-hydroxylation sites is 1. The Kier molecular flexibility index (Phi) is 5.36. The lowest BCUT2D eigenvalue weighted by Gasteiger charge is -2.10. The van der Waals surface area contributed by atoms with E-state index in [1.165, 1.54) is 0 Å². The van der Waals surface area contributed by atoms with E-state index in [2.05, 4.69) is 36.3 Å². The molecular weight excluding hydrogens is 248 g/mol. The van der Waals surface area contributed by atoms with Gasteiger partial charge in [-0.1, -0.05) is 32.0 Å². The molecule has 0 saturated heterocycles. The monoisotopic (exact) mass is 272 g/mol. The van der Waals surface area contributed by atoms with Gasteiger partial charge in [-0.25, -0.2) is 4.98 Å². The molecule has 1 heterocycles. The molecule has 2 aromatic rings. The van der Waals surface area contributed by atoms with Gasteiger partial charge in [0.2, 0.25) is 0 Å². The highest BCUT2D eigenvalue weighted by Gasteiger charge is 2.03. The number of aromatic nitrogens is 1. The number of ether oxygens (including phenoxy) is 1. The first-order chi connectivity index (χ1) is 9.66. The minimum atomic E-state index is 0.557. The molecule has 1 N–H and O–H groups in total. The molecule has 0 radical (unpaired) electrons. The topological polar surface area (TPSA) is 34.1 Å². The number of benzene rings is 1. The molecule has 1 aromatic carbocycles. The largest absolute Gasteiger partial charge is 0.491 e. The zero-order valence-corrected chi connectivity index (χ0v) is 12.6. The maximum Gasteiger partial charge on any atom is 0.145 e. The molecule has 0 bridgehead atoms. The van der Waals surface area contributed by atoms with Crippen LogP contribution in [0, 0.1) is 6.92 Å². The summed E-state index contributed by atoms with van der Waals surface area (Å²) in [4.78, 5) is 4.58. The predicted molar refractivity (Wildman–Crippen MR) is 84.3 cm³/mol.